The molecule has 3 rings (SSSR count). The van der Waals surface area contributed by atoms with E-state index in [4.69, 9.17) is 16.6 Å². The molecule has 19 heavy (non-hydrogen) atoms. The van der Waals surface area contributed by atoms with Crippen molar-refractivity contribution in [3.8, 4) is 0 Å². The van der Waals surface area contributed by atoms with Gasteiger partial charge >= 0.3 is 5.91 Å². The minimum absolute atomic E-state index is 0.259. The first-order valence-corrected chi connectivity index (χ1v) is 7.03. The molecule has 3 atom stereocenters. The largest absolute Gasteiger partial charge is 0.459 e. The fourth-order valence-electron chi connectivity index (χ4n) is 3.21. The molecular formula is C13H17N3O2S. The molecule has 5 nitrogen and oxygen atoms in total. The topological polar surface area (TPSA) is 66.3 Å². The quantitative estimate of drug-likeness (QED) is 0.566. The number of rotatable bonds is 2. The molecule has 0 radical (unpaired) electrons. The summed E-state index contributed by atoms with van der Waals surface area (Å²) in [6.45, 7) is 0. The summed E-state index contributed by atoms with van der Waals surface area (Å²) in [4.78, 5) is 11.6. The lowest BCUT2D eigenvalue weighted by Gasteiger charge is -2.24. The molecule has 0 unspecified atom stereocenters. The van der Waals surface area contributed by atoms with Crippen molar-refractivity contribution in [2.24, 2.45) is 11.8 Å². The standard InChI is InChI=1S/C13H17N3O2S/c17-12(11-2-1-5-18-11)15-16-13(19)14-10-7-8-3-4-9(10)6-8/h1-2,5,8-10H,3-4,6-7H2,(H,15,17)(H2,14,16,19)/t8-,9-,10-/m0/s1. The number of furan rings is 1. The van der Waals surface area contributed by atoms with Crippen LogP contribution < -0.4 is 16.2 Å². The minimum atomic E-state index is -0.331. The van der Waals surface area contributed by atoms with E-state index in [2.05, 4.69) is 16.2 Å². The van der Waals surface area contributed by atoms with E-state index in [1.807, 2.05) is 0 Å². The Morgan fingerprint density at radius 3 is 2.84 bits per heavy atom. The van der Waals surface area contributed by atoms with E-state index in [1.54, 1.807) is 12.1 Å². The van der Waals surface area contributed by atoms with Crippen molar-refractivity contribution in [3.05, 3.63) is 24.2 Å². The van der Waals surface area contributed by atoms with E-state index in [0.717, 1.165) is 11.8 Å². The molecule has 1 amide bonds. The number of carbonyl (C=O) groups excluding carboxylic acids is 1. The summed E-state index contributed by atoms with van der Waals surface area (Å²) in [5, 5.41) is 3.76. The van der Waals surface area contributed by atoms with Crippen molar-refractivity contribution >= 4 is 23.2 Å². The van der Waals surface area contributed by atoms with Gasteiger partial charge in [0.2, 0.25) is 0 Å². The maximum atomic E-state index is 11.6. The highest BCUT2D eigenvalue weighted by atomic mass is 32.1. The van der Waals surface area contributed by atoms with Gasteiger partial charge in [0.25, 0.3) is 0 Å². The molecule has 2 saturated carbocycles. The normalized spacial score (nSPS) is 28.1. The van der Waals surface area contributed by atoms with Crippen LogP contribution in [-0.2, 0) is 0 Å². The molecule has 2 fully saturated rings. The van der Waals surface area contributed by atoms with E-state index in [-0.39, 0.29) is 11.7 Å². The lowest BCUT2D eigenvalue weighted by atomic mass is 9.96. The number of carbonyl (C=O) groups is 1. The fourth-order valence-corrected chi connectivity index (χ4v) is 3.41. The Balaban J connectivity index is 1.43. The fraction of sp³-hybridized carbons (Fsp3) is 0.538. The van der Waals surface area contributed by atoms with E-state index in [0.29, 0.717) is 11.2 Å². The molecule has 102 valence electrons. The summed E-state index contributed by atoms with van der Waals surface area (Å²) in [6, 6.07) is 3.73. The first kappa shape index (κ1) is 12.5. The number of hydrogen-bond donors (Lipinski definition) is 3. The Labute approximate surface area is 117 Å². The lowest BCUT2D eigenvalue weighted by Crippen LogP contribution is -2.50. The molecule has 2 aliphatic carbocycles. The van der Waals surface area contributed by atoms with E-state index in [9.17, 15) is 4.79 Å². The maximum Gasteiger partial charge on any atom is 0.305 e. The Morgan fingerprint density at radius 2 is 2.21 bits per heavy atom. The summed E-state index contributed by atoms with van der Waals surface area (Å²) in [6.07, 6.45) is 6.63. The van der Waals surface area contributed by atoms with Crippen LogP contribution in [0.2, 0.25) is 0 Å². The predicted octanol–water partition coefficient (Wildman–Crippen LogP) is 1.58. The van der Waals surface area contributed by atoms with Gasteiger partial charge in [0.1, 0.15) is 0 Å². The Morgan fingerprint density at radius 1 is 1.32 bits per heavy atom. The van der Waals surface area contributed by atoms with Gasteiger partial charge in [-0.15, -0.1) is 0 Å². The highest BCUT2D eigenvalue weighted by Crippen LogP contribution is 2.44. The number of thiocarbonyl (C=S) groups is 1. The SMILES string of the molecule is O=C(NNC(=S)N[C@H]1C[C@H]2CC[C@H]1C2)c1ccco1. The molecular weight excluding hydrogens is 262 g/mol. The van der Waals surface area contributed by atoms with Crippen molar-refractivity contribution in [2.75, 3.05) is 0 Å². The molecule has 0 aromatic carbocycles. The summed E-state index contributed by atoms with van der Waals surface area (Å²) in [7, 11) is 0. The molecule has 2 aliphatic rings. The summed E-state index contributed by atoms with van der Waals surface area (Å²) < 4.78 is 4.99. The van der Waals surface area contributed by atoms with Crippen molar-refractivity contribution in [1.82, 2.24) is 16.2 Å². The van der Waals surface area contributed by atoms with Gasteiger partial charge in [-0.1, -0.05) is 6.42 Å². The van der Waals surface area contributed by atoms with E-state index < -0.39 is 0 Å². The highest BCUT2D eigenvalue weighted by Gasteiger charge is 2.39. The molecule has 1 aromatic rings. The van der Waals surface area contributed by atoms with Gasteiger partial charge < -0.3 is 9.73 Å². The third-order valence-electron chi connectivity index (χ3n) is 4.09. The Kier molecular flexibility index (Phi) is 3.42. The third-order valence-corrected chi connectivity index (χ3v) is 4.31. The van der Waals surface area contributed by atoms with Crippen LogP contribution in [0.15, 0.2) is 22.8 Å². The first-order valence-electron chi connectivity index (χ1n) is 6.62. The number of hydrogen-bond acceptors (Lipinski definition) is 3. The van der Waals surface area contributed by atoms with Crippen LogP contribution in [0, 0.1) is 11.8 Å². The molecule has 0 spiro atoms. The maximum absolute atomic E-state index is 11.6. The lowest BCUT2D eigenvalue weighted by molar-refractivity contribution is 0.0915. The van der Waals surface area contributed by atoms with Crippen LogP contribution in [0.5, 0.6) is 0 Å². The minimum Gasteiger partial charge on any atom is -0.459 e. The number of amides is 1. The van der Waals surface area contributed by atoms with Gasteiger partial charge in [0, 0.05) is 6.04 Å². The summed E-state index contributed by atoms with van der Waals surface area (Å²) in [5.41, 5.74) is 5.23. The van der Waals surface area contributed by atoms with Crippen molar-refractivity contribution in [2.45, 2.75) is 31.7 Å². The predicted molar refractivity (Wildman–Crippen MR) is 74.3 cm³/mol. The van der Waals surface area contributed by atoms with Crippen LogP contribution in [-0.4, -0.2) is 17.1 Å². The monoisotopic (exact) mass is 279 g/mol. The van der Waals surface area contributed by atoms with Gasteiger partial charge in [-0.05, 0) is 55.4 Å². The molecule has 1 heterocycles. The van der Waals surface area contributed by atoms with Crippen molar-refractivity contribution < 1.29 is 9.21 Å². The number of nitrogens with one attached hydrogen (secondary N) is 3. The molecule has 0 aliphatic heterocycles. The van der Waals surface area contributed by atoms with Crippen molar-refractivity contribution in [1.29, 1.82) is 0 Å². The van der Waals surface area contributed by atoms with Crippen LogP contribution in [0.1, 0.15) is 36.2 Å². The Hall–Kier alpha value is -1.56. The summed E-state index contributed by atoms with van der Waals surface area (Å²) in [5.74, 6) is 1.53. The second-order valence-corrected chi connectivity index (χ2v) is 5.72. The van der Waals surface area contributed by atoms with E-state index >= 15 is 0 Å². The van der Waals surface area contributed by atoms with Gasteiger partial charge in [-0.25, -0.2) is 0 Å². The second-order valence-electron chi connectivity index (χ2n) is 5.31. The highest BCUT2D eigenvalue weighted by molar-refractivity contribution is 7.80. The third kappa shape index (κ3) is 2.73. The molecule has 3 N–H and O–H groups in total. The smallest absolute Gasteiger partial charge is 0.305 e. The zero-order chi connectivity index (χ0) is 13.2. The Bertz CT molecular complexity index is 474. The van der Waals surface area contributed by atoms with Gasteiger partial charge in [0.15, 0.2) is 10.9 Å². The van der Waals surface area contributed by atoms with Gasteiger partial charge in [-0.3, -0.25) is 15.6 Å². The molecule has 2 bridgehead atoms. The zero-order valence-corrected chi connectivity index (χ0v) is 11.3. The van der Waals surface area contributed by atoms with E-state index in [1.165, 1.54) is 31.9 Å². The second kappa shape index (κ2) is 5.21. The average molecular weight is 279 g/mol. The van der Waals surface area contributed by atoms with Gasteiger partial charge in [0.05, 0.1) is 6.26 Å². The molecule has 1 aromatic heterocycles. The molecule has 0 saturated heterocycles. The van der Waals surface area contributed by atoms with Crippen LogP contribution in [0.4, 0.5) is 0 Å². The van der Waals surface area contributed by atoms with Gasteiger partial charge in [-0.2, -0.15) is 0 Å². The number of fused-ring (bicyclic) bond motifs is 2. The van der Waals surface area contributed by atoms with Crippen LogP contribution >= 0.6 is 12.2 Å². The van der Waals surface area contributed by atoms with Crippen LogP contribution in [0.25, 0.3) is 0 Å². The molecule has 6 heteroatoms. The van der Waals surface area contributed by atoms with Crippen LogP contribution in [0.3, 0.4) is 0 Å². The number of hydrazine groups is 1. The van der Waals surface area contributed by atoms with Crippen molar-refractivity contribution in [3.63, 3.8) is 0 Å². The first-order chi connectivity index (χ1) is 9.22. The summed E-state index contributed by atoms with van der Waals surface area (Å²) >= 11 is 5.19. The zero-order valence-electron chi connectivity index (χ0n) is 10.5. The average Bonchev–Trinajstić information content (AvgIpc) is 3.12.